The zero-order valence-electron chi connectivity index (χ0n) is 9.77. The Morgan fingerprint density at radius 1 is 1.25 bits per heavy atom. The van der Waals surface area contributed by atoms with Crippen molar-refractivity contribution in [3.05, 3.63) is 0 Å². The van der Waals surface area contributed by atoms with E-state index in [2.05, 4.69) is 4.74 Å². The molecule has 0 atom stereocenters. The van der Waals surface area contributed by atoms with Gasteiger partial charge in [0.05, 0.1) is 0 Å². The van der Waals surface area contributed by atoms with Gasteiger partial charge in [0.2, 0.25) is 0 Å². The number of Topliss-reactive ketones (excluding diaryl/α,β-unsaturated/α-hetero) is 1. The number of rotatable bonds is 8. The highest BCUT2D eigenvalue weighted by Crippen LogP contribution is 2.14. The zero-order valence-corrected chi connectivity index (χ0v) is 9.77. The molecule has 0 aliphatic heterocycles. The lowest BCUT2D eigenvalue weighted by atomic mass is 10.0. The van der Waals surface area contributed by atoms with Crippen LogP contribution in [0.15, 0.2) is 0 Å². The third kappa shape index (κ3) is 11.5. The standard InChI is InChI=1S/C11H19F3O2/c1-9(2)5-6-10(15)4-3-7-16-8-11(12,13)14/h9H,3-8H2,1-2H3. The third-order valence-corrected chi connectivity index (χ3v) is 2.01. The molecule has 0 spiro atoms. The summed E-state index contributed by atoms with van der Waals surface area (Å²) in [6.45, 7) is 2.82. The predicted octanol–water partition coefficient (Wildman–Crippen LogP) is 3.35. The van der Waals surface area contributed by atoms with Crippen LogP contribution in [-0.4, -0.2) is 25.2 Å². The minimum absolute atomic E-state index is 0.00702. The molecule has 96 valence electrons. The van der Waals surface area contributed by atoms with E-state index in [0.717, 1.165) is 6.42 Å². The van der Waals surface area contributed by atoms with E-state index in [4.69, 9.17) is 0 Å². The number of ether oxygens (including phenoxy) is 1. The summed E-state index contributed by atoms with van der Waals surface area (Å²) in [4.78, 5) is 11.2. The van der Waals surface area contributed by atoms with Crippen molar-refractivity contribution >= 4 is 5.78 Å². The van der Waals surface area contributed by atoms with Gasteiger partial charge in [-0.3, -0.25) is 4.79 Å². The minimum Gasteiger partial charge on any atom is -0.372 e. The lowest BCUT2D eigenvalue weighted by molar-refractivity contribution is -0.174. The molecule has 0 bridgehead atoms. The van der Waals surface area contributed by atoms with Crippen molar-refractivity contribution in [2.24, 2.45) is 5.92 Å². The summed E-state index contributed by atoms with van der Waals surface area (Å²) in [6.07, 6.45) is -2.25. The molecule has 0 aliphatic carbocycles. The summed E-state index contributed by atoms with van der Waals surface area (Å²) in [5.74, 6) is 0.578. The summed E-state index contributed by atoms with van der Waals surface area (Å²) in [5, 5.41) is 0. The van der Waals surface area contributed by atoms with Gasteiger partial charge in [-0.2, -0.15) is 13.2 Å². The number of alkyl halides is 3. The Balaban J connectivity index is 3.35. The van der Waals surface area contributed by atoms with E-state index in [9.17, 15) is 18.0 Å². The van der Waals surface area contributed by atoms with Crippen molar-refractivity contribution < 1.29 is 22.7 Å². The molecule has 0 heterocycles. The normalized spacial score (nSPS) is 12.1. The van der Waals surface area contributed by atoms with Crippen LogP contribution in [0.4, 0.5) is 13.2 Å². The van der Waals surface area contributed by atoms with Crippen LogP contribution in [0.3, 0.4) is 0 Å². The lowest BCUT2D eigenvalue weighted by Crippen LogP contribution is -2.17. The molecular formula is C11H19F3O2. The van der Waals surface area contributed by atoms with Gasteiger partial charge in [0.15, 0.2) is 0 Å². The van der Waals surface area contributed by atoms with E-state index in [-0.39, 0.29) is 12.4 Å². The van der Waals surface area contributed by atoms with Crippen LogP contribution in [0.5, 0.6) is 0 Å². The molecule has 0 radical (unpaired) electrons. The Labute approximate surface area is 94.2 Å². The topological polar surface area (TPSA) is 26.3 Å². The Hall–Kier alpha value is -0.580. The second-order valence-electron chi connectivity index (χ2n) is 4.24. The summed E-state index contributed by atoms with van der Waals surface area (Å²) in [5.41, 5.74) is 0. The molecule has 0 saturated carbocycles. The molecule has 0 aromatic heterocycles. The zero-order chi connectivity index (χ0) is 12.6. The number of ketones is 1. The molecule has 0 N–H and O–H groups in total. The summed E-state index contributed by atoms with van der Waals surface area (Å²) in [7, 11) is 0. The fourth-order valence-corrected chi connectivity index (χ4v) is 1.13. The van der Waals surface area contributed by atoms with Crippen molar-refractivity contribution in [2.75, 3.05) is 13.2 Å². The van der Waals surface area contributed by atoms with Crippen LogP contribution in [0.25, 0.3) is 0 Å². The summed E-state index contributed by atoms with van der Waals surface area (Å²) in [6, 6.07) is 0. The summed E-state index contributed by atoms with van der Waals surface area (Å²) < 4.78 is 39.4. The van der Waals surface area contributed by atoms with Gasteiger partial charge in [-0.05, 0) is 18.8 Å². The number of hydrogen-bond donors (Lipinski definition) is 0. The van der Waals surface area contributed by atoms with Crippen molar-refractivity contribution in [1.82, 2.24) is 0 Å². The van der Waals surface area contributed by atoms with Crippen molar-refractivity contribution in [3.8, 4) is 0 Å². The molecule has 5 heteroatoms. The maximum Gasteiger partial charge on any atom is 0.411 e. The highest BCUT2D eigenvalue weighted by molar-refractivity contribution is 5.78. The number of carbonyl (C=O) groups is 1. The Morgan fingerprint density at radius 2 is 1.88 bits per heavy atom. The van der Waals surface area contributed by atoms with E-state index in [1.807, 2.05) is 13.8 Å². The molecule has 0 unspecified atom stereocenters. The van der Waals surface area contributed by atoms with Crippen LogP contribution in [0.1, 0.15) is 39.5 Å². The van der Waals surface area contributed by atoms with Crippen molar-refractivity contribution in [3.63, 3.8) is 0 Å². The molecule has 2 nitrogen and oxygen atoms in total. The quantitative estimate of drug-likeness (QED) is 0.608. The third-order valence-electron chi connectivity index (χ3n) is 2.01. The molecule has 0 aromatic carbocycles. The minimum atomic E-state index is -4.28. The van der Waals surface area contributed by atoms with E-state index in [1.165, 1.54) is 0 Å². The van der Waals surface area contributed by atoms with Crippen LogP contribution in [-0.2, 0) is 9.53 Å². The largest absolute Gasteiger partial charge is 0.411 e. The molecule has 0 aliphatic rings. The average molecular weight is 240 g/mol. The van der Waals surface area contributed by atoms with E-state index < -0.39 is 12.8 Å². The first kappa shape index (κ1) is 15.4. The van der Waals surface area contributed by atoms with Gasteiger partial charge in [-0.25, -0.2) is 0 Å². The van der Waals surface area contributed by atoms with E-state index in [0.29, 0.717) is 25.2 Å². The van der Waals surface area contributed by atoms with Gasteiger partial charge in [-0.1, -0.05) is 13.8 Å². The molecule has 0 aromatic rings. The maximum atomic E-state index is 11.7. The van der Waals surface area contributed by atoms with Gasteiger partial charge in [-0.15, -0.1) is 0 Å². The van der Waals surface area contributed by atoms with Gasteiger partial charge in [0.25, 0.3) is 0 Å². The first-order valence-corrected chi connectivity index (χ1v) is 5.47. The molecule has 0 rings (SSSR count). The van der Waals surface area contributed by atoms with Crippen LogP contribution in [0.2, 0.25) is 0 Å². The van der Waals surface area contributed by atoms with E-state index >= 15 is 0 Å². The highest BCUT2D eigenvalue weighted by Gasteiger charge is 2.27. The number of carbonyl (C=O) groups excluding carboxylic acids is 1. The Bertz CT molecular complexity index is 200. The fraction of sp³-hybridized carbons (Fsp3) is 0.909. The second-order valence-corrected chi connectivity index (χ2v) is 4.24. The van der Waals surface area contributed by atoms with Crippen LogP contribution < -0.4 is 0 Å². The Kier molecular flexibility index (Phi) is 7.38. The van der Waals surface area contributed by atoms with Crippen molar-refractivity contribution in [2.45, 2.75) is 45.7 Å². The van der Waals surface area contributed by atoms with Gasteiger partial charge in [0.1, 0.15) is 12.4 Å². The molecule has 0 saturated heterocycles. The summed E-state index contributed by atoms with van der Waals surface area (Å²) >= 11 is 0. The monoisotopic (exact) mass is 240 g/mol. The van der Waals surface area contributed by atoms with Gasteiger partial charge >= 0.3 is 6.18 Å². The predicted molar refractivity (Wildman–Crippen MR) is 55.2 cm³/mol. The van der Waals surface area contributed by atoms with Gasteiger partial charge in [0, 0.05) is 19.4 Å². The van der Waals surface area contributed by atoms with Crippen molar-refractivity contribution in [1.29, 1.82) is 0 Å². The molecular weight excluding hydrogens is 221 g/mol. The van der Waals surface area contributed by atoms with E-state index in [1.54, 1.807) is 0 Å². The number of hydrogen-bond acceptors (Lipinski definition) is 2. The van der Waals surface area contributed by atoms with Crippen LogP contribution in [0, 0.1) is 5.92 Å². The van der Waals surface area contributed by atoms with Crippen LogP contribution >= 0.6 is 0 Å². The fourth-order valence-electron chi connectivity index (χ4n) is 1.13. The second kappa shape index (κ2) is 7.65. The van der Waals surface area contributed by atoms with Gasteiger partial charge < -0.3 is 4.74 Å². The SMILES string of the molecule is CC(C)CCC(=O)CCCOCC(F)(F)F. The first-order valence-electron chi connectivity index (χ1n) is 5.47. The average Bonchev–Trinajstić information content (AvgIpc) is 2.12. The lowest BCUT2D eigenvalue weighted by Gasteiger charge is -2.07. The molecule has 0 fully saturated rings. The molecule has 16 heavy (non-hydrogen) atoms. The smallest absolute Gasteiger partial charge is 0.372 e. The number of halogens is 3. The maximum absolute atomic E-state index is 11.7. The highest BCUT2D eigenvalue weighted by atomic mass is 19.4. The Morgan fingerprint density at radius 3 is 2.38 bits per heavy atom. The molecule has 0 amide bonds. The first-order chi connectivity index (χ1) is 7.31.